The predicted octanol–water partition coefficient (Wildman–Crippen LogP) is 2.71. The Morgan fingerprint density at radius 3 is 2.45 bits per heavy atom. The van der Waals surface area contributed by atoms with E-state index in [1.54, 1.807) is 6.92 Å². The van der Waals surface area contributed by atoms with E-state index in [2.05, 4.69) is 40.5 Å². The van der Waals surface area contributed by atoms with Crippen molar-refractivity contribution in [3.05, 3.63) is 35.9 Å². The first kappa shape index (κ1) is 13.6. The third-order valence-corrected chi connectivity index (χ3v) is 4.74. The zero-order chi connectivity index (χ0) is 13.9. The van der Waals surface area contributed by atoms with Gasteiger partial charge < -0.3 is 5.32 Å². The molecule has 2 bridgehead atoms. The number of benzene rings is 1. The number of nitrogens with one attached hydrogen (secondary N) is 1. The van der Waals surface area contributed by atoms with Crippen molar-refractivity contribution in [3.63, 3.8) is 0 Å². The van der Waals surface area contributed by atoms with Gasteiger partial charge >= 0.3 is 0 Å². The molecular formula is C17H24N2O. The Hall–Kier alpha value is -1.35. The normalized spacial score (nSPS) is 29.9. The van der Waals surface area contributed by atoms with E-state index in [0.29, 0.717) is 18.1 Å². The van der Waals surface area contributed by atoms with Crippen LogP contribution in [0.25, 0.3) is 0 Å². The summed E-state index contributed by atoms with van der Waals surface area (Å²) in [7, 11) is 0. The maximum atomic E-state index is 11.3. The molecule has 2 aliphatic rings. The molecule has 1 aromatic rings. The lowest BCUT2D eigenvalue weighted by Gasteiger charge is -2.49. The van der Waals surface area contributed by atoms with Gasteiger partial charge in [0.05, 0.1) is 0 Å². The first-order valence-corrected chi connectivity index (χ1v) is 7.79. The molecule has 108 valence electrons. The summed E-state index contributed by atoms with van der Waals surface area (Å²) in [4.78, 5) is 14.0. The maximum absolute atomic E-state index is 11.3. The summed E-state index contributed by atoms with van der Waals surface area (Å²) in [5.74, 6) is 0.115. The number of amides is 1. The van der Waals surface area contributed by atoms with Gasteiger partial charge in [-0.3, -0.25) is 9.69 Å². The Morgan fingerprint density at radius 1 is 1.20 bits per heavy atom. The molecule has 0 aliphatic carbocycles. The Morgan fingerprint density at radius 2 is 1.85 bits per heavy atom. The zero-order valence-electron chi connectivity index (χ0n) is 12.2. The van der Waals surface area contributed by atoms with Crippen LogP contribution in [-0.2, 0) is 11.3 Å². The van der Waals surface area contributed by atoms with Crippen molar-refractivity contribution in [2.75, 3.05) is 0 Å². The number of piperidine rings is 2. The average molecular weight is 272 g/mol. The molecule has 0 aromatic heterocycles. The highest BCUT2D eigenvalue weighted by molar-refractivity contribution is 5.73. The fraction of sp³-hybridized carbons (Fsp3) is 0.588. The highest BCUT2D eigenvalue weighted by atomic mass is 16.1. The van der Waals surface area contributed by atoms with E-state index in [1.807, 2.05) is 0 Å². The topological polar surface area (TPSA) is 32.3 Å². The van der Waals surface area contributed by atoms with Gasteiger partial charge in [0.1, 0.15) is 0 Å². The van der Waals surface area contributed by atoms with E-state index in [1.165, 1.54) is 24.8 Å². The second kappa shape index (κ2) is 5.96. The molecule has 0 spiro atoms. The number of nitrogens with zero attached hydrogens (tertiary/aromatic N) is 1. The molecule has 2 unspecified atom stereocenters. The lowest BCUT2D eigenvalue weighted by Crippen LogP contribution is -2.56. The average Bonchev–Trinajstić information content (AvgIpc) is 2.40. The van der Waals surface area contributed by atoms with E-state index in [9.17, 15) is 4.79 Å². The van der Waals surface area contributed by atoms with Crippen LogP contribution in [0, 0.1) is 0 Å². The number of fused-ring (bicyclic) bond motifs is 2. The molecule has 3 heteroatoms. The Balaban J connectivity index is 1.69. The molecule has 3 rings (SSSR count). The number of hydrogen-bond acceptors (Lipinski definition) is 2. The Bertz CT molecular complexity index is 445. The van der Waals surface area contributed by atoms with Crippen molar-refractivity contribution >= 4 is 5.91 Å². The molecule has 0 radical (unpaired) electrons. The monoisotopic (exact) mass is 272 g/mol. The Labute approximate surface area is 121 Å². The standard InChI is InChI=1S/C17H24N2O/c1-13(20)18-15-10-16-8-5-9-17(11-15)19(16)12-14-6-3-2-4-7-14/h2-4,6-7,15-17H,5,8-12H2,1H3,(H,18,20). The van der Waals surface area contributed by atoms with Gasteiger partial charge in [-0.25, -0.2) is 0 Å². The van der Waals surface area contributed by atoms with Crippen molar-refractivity contribution in [1.82, 2.24) is 10.2 Å². The van der Waals surface area contributed by atoms with Crippen molar-refractivity contribution in [1.29, 1.82) is 0 Å². The molecule has 2 heterocycles. The molecule has 0 saturated carbocycles. The second-order valence-electron chi connectivity index (χ2n) is 6.27. The van der Waals surface area contributed by atoms with Crippen LogP contribution in [0.4, 0.5) is 0 Å². The molecule has 2 aliphatic heterocycles. The summed E-state index contributed by atoms with van der Waals surface area (Å²) in [5, 5.41) is 3.13. The molecule has 1 aromatic carbocycles. The van der Waals surface area contributed by atoms with Crippen LogP contribution in [0.2, 0.25) is 0 Å². The van der Waals surface area contributed by atoms with Crippen LogP contribution in [0.5, 0.6) is 0 Å². The first-order chi connectivity index (χ1) is 9.72. The molecule has 2 atom stereocenters. The van der Waals surface area contributed by atoms with Gasteiger partial charge in [0.25, 0.3) is 0 Å². The summed E-state index contributed by atoms with van der Waals surface area (Å²) in [5.41, 5.74) is 1.40. The zero-order valence-corrected chi connectivity index (χ0v) is 12.2. The summed E-state index contributed by atoms with van der Waals surface area (Å²) in [6.07, 6.45) is 6.12. The van der Waals surface area contributed by atoms with Gasteiger partial charge in [-0.05, 0) is 31.2 Å². The molecule has 1 amide bonds. The number of rotatable bonds is 3. The summed E-state index contributed by atoms with van der Waals surface area (Å²) in [6, 6.07) is 12.4. The minimum atomic E-state index is 0.115. The molecular weight excluding hydrogens is 248 g/mol. The van der Waals surface area contributed by atoms with Gasteiger partial charge in [-0.1, -0.05) is 36.8 Å². The van der Waals surface area contributed by atoms with E-state index < -0.39 is 0 Å². The molecule has 3 nitrogen and oxygen atoms in total. The van der Waals surface area contributed by atoms with E-state index in [-0.39, 0.29) is 5.91 Å². The second-order valence-corrected chi connectivity index (χ2v) is 6.27. The summed E-state index contributed by atoms with van der Waals surface area (Å²) < 4.78 is 0. The van der Waals surface area contributed by atoms with E-state index >= 15 is 0 Å². The largest absolute Gasteiger partial charge is 0.353 e. The number of carbonyl (C=O) groups excluding carboxylic acids is 1. The minimum absolute atomic E-state index is 0.115. The maximum Gasteiger partial charge on any atom is 0.217 e. The molecule has 20 heavy (non-hydrogen) atoms. The molecule has 2 saturated heterocycles. The van der Waals surface area contributed by atoms with Crippen LogP contribution in [0.3, 0.4) is 0 Å². The van der Waals surface area contributed by atoms with Gasteiger partial charge in [0.2, 0.25) is 5.91 Å². The van der Waals surface area contributed by atoms with Gasteiger partial charge in [-0.2, -0.15) is 0 Å². The fourth-order valence-corrected chi connectivity index (χ4v) is 3.94. The van der Waals surface area contributed by atoms with Crippen LogP contribution in [0.15, 0.2) is 30.3 Å². The van der Waals surface area contributed by atoms with Crippen molar-refractivity contribution in [2.24, 2.45) is 0 Å². The van der Waals surface area contributed by atoms with Crippen LogP contribution < -0.4 is 5.32 Å². The molecule has 1 N–H and O–H groups in total. The van der Waals surface area contributed by atoms with Crippen molar-refractivity contribution in [2.45, 2.75) is 63.7 Å². The van der Waals surface area contributed by atoms with Gasteiger partial charge in [0, 0.05) is 31.6 Å². The van der Waals surface area contributed by atoms with Gasteiger partial charge in [-0.15, -0.1) is 0 Å². The lowest BCUT2D eigenvalue weighted by atomic mass is 9.81. The quantitative estimate of drug-likeness (QED) is 0.917. The van der Waals surface area contributed by atoms with Gasteiger partial charge in [0.15, 0.2) is 0 Å². The van der Waals surface area contributed by atoms with Crippen LogP contribution >= 0.6 is 0 Å². The van der Waals surface area contributed by atoms with Crippen molar-refractivity contribution < 1.29 is 4.79 Å². The highest BCUT2D eigenvalue weighted by Crippen LogP contribution is 2.35. The predicted molar refractivity (Wildman–Crippen MR) is 80.3 cm³/mol. The van der Waals surface area contributed by atoms with Crippen LogP contribution in [0.1, 0.15) is 44.6 Å². The molecule has 2 fully saturated rings. The number of hydrogen-bond donors (Lipinski definition) is 1. The fourth-order valence-electron chi connectivity index (χ4n) is 3.94. The van der Waals surface area contributed by atoms with Crippen molar-refractivity contribution in [3.8, 4) is 0 Å². The SMILES string of the molecule is CC(=O)NC1CC2CCCC(C1)N2Cc1ccccc1. The van der Waals surface area contributed by atoms with E-state index in [4.69, 9.17) is 0 Å². The Kier molecular flexibility index (Phi) is 4.06. The third kappa shape index (κ3) is 3.04. The summed E-state index contributed by atoms with van der Waals surface area (Å²) in [6.45, 7) is 2.69. The number of carbonyl (C=O) groups is 1. The minimum Gasteiger partial charge on any atom is -0.353 e. The lowest BCUT2D eigenvalue weighted by molar-refractivity contribution is -0.120. The van der Waals surface area contributed by atoms with E-state index in [0.717, 1.165) is 19.4 Å². The first-order valence-electron chi connectivity index (χ1n) is 7.79. The van der Waals surface area contributed by atoms with Crippen LogP contribution in [-0.4, -0.2) is 28.9 Å². The smallest absolute Gasteiger partial charge is 0.217 e. The summed E-state index contributed by atoms with van der Waals surface area (Å²) >= 11 is 0. The third-order valence-electron chi connectivity index (χ3n) is 4.74. The highest BCUT2D eigenvalue weighted by Gasteiger charge is 2.38.